The van der Waals surface area contributed by atoms with Crippen LogP contribution in [0.3, 0.4) is 0 Å². The van der Waals surface area contributed by atoms with E-state index in [1.165, 1.54) is 21.3 Å². The van der Waals surface area contributed by atoms with Gasteiger partial charge in [-0.05, 0) is 42.5 Å². The third-order valence-electron chi connectivity index (χ3n) is 6.40. The van der Waals surface area contributed by atoms with Crippen molar-refractivity contribution >= 4 is 38.1 Å². The van der Waals surface area contributed by atoms with Crippen molar-refractivity contribution in [2.75, 3.05) is 37.5 Å². The van der Waals surface area contributed by atoms with Gasteiger partial charge in [0.2, 0.25) is 11.7 Å². The summed E-state index contributed by atoms with van der Waals surface area (Å²) < 4.78 is 45.6. The van der Waals surface area contributed by atoms with Gasteiger partial charge in [-0.25, -0.2) is 8.42 Å². The fourth-order valence-corrected chi connectivity index (χ4v) is 6.02. The molecule has 0 fully saturated rings. The summed E-state index contributed by atoms with van der Waals surface area (Å²) >= 11 is 0. The molecular formula is C29H30N2O6S. The molecule has 8 nitrogen and oxygen atoms in total. The van der Waals surface area contributed by atoms with Gasteiger partial charge in [0.05, 0.1) is 31.9 Å². The number of methoxy groups -OCH3 is 3. The van der Waals surface area contributed by atoms with Crippen molar-refractivity contribution in [3.8, 4) is 17.2 Å². The number of hydrogen-bond acceptors (Lipinski definition) is 6. The number of fused-ring (bicyclic) bond motifs is 1. The Labute approximate surface area is 222 Å². The van der Waals surface area contributed by atoms with E-state index in [4.69, 9.17) is 14.2 Å². The van der Waals surface area contributed by atoms with E-state index in [-0.39, 0.29) is 4.90 Å². The SMILES string of the molecule is COc1cc(NC(=O)CN(c2cccc(C)c2C)S(=O)(=O)c2cccc3ccccc23)cc(OC)c1OC. The van der Waals surface area contributed by atoms with Gasteiger partial charge in [0.1, 0.15) is 6.54 Å². The number of hydrogen-bond donors (Lipinski definition) is 1. The number of carbonyl (C=O) groups is 1. The van der Waals surface area contributed by atoms with E-state index in [9.17, 15) is 13.2 Å². The number of nitrogens with zero attached hydrogens (tertiary/aromatic N) is 1. The lowest BCUT2D eigenvalue weighted by Gasteiger charge is -2.27. The van der Waals surface area contributed by atoms with Crippen LogP contribution in [0.25, 0.3) is 10.8 Å². The van der Waals surface area contributed by atoms with Gasteiger partial charge >= 0.3 is 0 Å². The predicted octanol–water partition coefficient (Wildman–Crippen LogP) is 5.32. The van der Waals surface area contributed by atoms with Crippen LogP contribution in [0.4, 0.5) is 11.4 Å². The van der Waals surface area contributed by atoms with E-state index in [0.717, 1.165) is 20.8 Å². The van der Waals surface area contributed by atoms with E-state index in [0.29, 0.717) is 34.0 Å². The van der Waals surface area contributed by atoms with Crippen LogP contribution in [0.2, 0.25) is 0 Å². The molecule has 0 atom stereocenters. The molecule has 0 heterocycles. The number of rotatable bonds is 9. The minimum atomic E-state index is -4.14. The Kier molecular flexibility index (Phi) is 7.78. The van der Waals surface area contributed by atoms with Crippen LogP contribution in [-0.2, 0) is 14.8 Å². The van der Waals surface area contributed by atoms with Crippen molar-refractivity contribution in [3.05, 3.63) is 83.9 Å². The van der Waals surface area contributed by atoms with Crippen LogP contribution in [0.15, 0.2) is 77.7 Å². The molecule has 38 heavy (non-hydrogen) atoms. The maximum atomic E-state index is 14.2. The topological polar surface area (TPSA) is 94.2 Å². The Morgan fingerprint density at radius 3 is 2.13 bits per heavy atom. The number of nitrogens with one attached hydrogen (secondary N) is 1. The summed E-state index contributed by atoms with van der Waals surface area (Å²) in [5.74, 6) is 0.557. The first-order chi connectivity index (χ1) is 18.2. The Balaban J connectivity index is 1.77. The molecule has 0 aliphatic rings. The molecule has 1 amide bonds. The van der Waals surface area contributed by atoms with Gasteiger partial charge in [0.15, 0.2) is 11.5 Å². The third-order valence-corrected chi connectivity index (χ3v) is 8.22. The van der Waals surface area contributed by atoms with Crippen LogP contribution < -0.4 is 23.8 Å². The van der Waals surface area contributed by atoms with Gasteiger partial charge in [-0.2, -0.15) is 0 Å². The highest BCUT2D eigenvalue weighted by Gasteiger charge is 2.30. The third kappa shape index (κ3) is 5.10. The first-order valence-electron chi connectivity index (χ1n) is 11.9. The minimum absolute atomic E-state index is 0.122. The molecule has 0 saturated heterocycles. The Morgan fingerprint density at radius 1 is 0.842 bits per heavy atom. The lowest BCUT2D eigenvalue weighted by Crippen LogP contribution is -2.38. The maximum Gasteiger partial charge on any atom is 0.265 e. The molecule has 0 spiro atoms. The predicted molar refractivity (Wildman–Crippen MR) is 149 cm³/mol. The highest BCUT2D eigenvalue weighted by molar-refractivity contribution is 7.93. The molecule has 0 aliphatic heterocycles. The number of carbonyl (C=O) groups excluding carboxylic acids is 1. The molecule has 198 valence electrons. The zero-order valence-electron chi connectivity index (χ0n) is 21.9. The summed E-state index contributed by atoms with van der Waals surface area (Å²) in [6.45, 7) is 3.29. The smallest absolute Gasteiger partial charge is 0.265 e. The Bertz CT molecular complexity index is 1570. The van der Waals surface area contributed by atoms with Crippen molar-refractivity contribution in [1.82, 2.24) is 0 Å². The molecule has 4 aromatic rings. The van der Waals surface area contributed by atoms with E-state index >= 15 is 0 Å². The zero-order valence-corrected chi connectivity index (χ0v) is 22.8. The van der Waals surface area contributed by atoms with E-state index in [1.807, 2.05) is 38.1 Å². The number of aryl methyl sites for hydroxylation is 1. The maximum absolute atomic E-state index is 14.2. The van der Waals surface area contributed by atoms with Gasteiger partial charge in [0.25, 0.3) is 10.0 Å². The molecule has 0 unspecified atom stereocenters. The lowest BCUT2D eigenvalue weighted by atomic mass is 10.1. The quantitative estimate of drug-likeness (QED) is 0.313. The standard InChI is InChI=1S/C29H30N2O6S/c1-19-10-8-14-24(20(19)2)31(38(33,34)27-15-9-12-21-11-6-7-13-23(21)27)18-28(32)30-22-16-25(35-3)29(37-5)26(17-22)36-4/h6-17H,18H2,1-5H3,(H,30,32). The van der Waals surface area contributed by atoms with Crippen LogP contribution in [-0.4, -0.2) is 42.2 Å². The fraction of sp³-hybridized carbons (Fsp3) is 0.207. The normalized spacial score (nSPS) is 11.2. The number of anilines is 2. The van der Waals surface area contributed by atoms with Crippen molar-refractivity contribution in [3.63, 3.8) is 0 Å². The second-order valence-electron chi connectivity index (χ2n) is 8.67. The summed E-state index contributed by atoms with van der Waals surface area (Å²) in [5, 5.41) is 4.14. The van der Waals surface area contributed by atoms with Crippen molar-refractivity contribution < 1.29 is 27.4 Å². The molecule has 4 rings (SSSR count). The highest BCUT2D eigenvalue weighted by atomic mass is 32.2. The fourth-order valence-electron chi connectivity index (χ4n) is 4.33. The summed E-state index contributed by atoms with van der Waals surface area (Å²) in [6, 6.07) is 20.9. The second kappa shape index (κ2) is 11.0. The second-order valence-corrected chi connectivity index (χ2v) is 10.5. The van der Waals surface area contributed by atoms with Crippen molar-refractivity contribution in [2.24, 2.45) is 0 Å². The van der Waals surface area contributed by atoms with E-state index < -0.39 is 22.5 Å². The highest BCUT2D eigenvalue weighted by Crippen LogP contribution is 2.40. The molecule has 0 radical (unpaired) electrons. The molecular weight excluding hydrogens is 504 g/mol. The molecule has 4 aromatic carbocycles. The number of sulfonamides is 1. The van der Waals surface area contributed by atoms with Crippen LogP contribution in [0.5, 0.6) is 17.2 Å². The first-order valence-corrected chi connectivity index (χ1v) is 13.3. The first kappa shape index (κ1) is 26.8. The number of amides is 1. The molecule has 0 bridgehead atoms. The summed E-state index contributed by atoms with van der Waals surface area (Å²) in [6.07, 6.45) is 0. The van der Waals surface area contributed by atoms with Gasteiger partial charge in [-0.1, -0.05) is 48.5 Å². The van der Waals surface area contributed by atoms with Crippen LogP contribution in [0, 0.1) is 13.8 Å². The Morgan fingerprint density at radius 2 is 1.47 bits per heavy atom. The van der Waals surface area contributed by atoms with Crippen LogP contribution >= 0.6 is 0 Å². The zero-order chi connectivity index (χ0) is 27.4. The monoisotopic (exact) mass is 534 g/mol. The average molecular weight is 535 g/mol. The molecule has 1 N–H and O–H groups in total. The van der Waals surface area contributed by atoms with Gasteiger partial charge in [-0.15, -0.1) is 0 Å². The van der Waals surface area contributed by atoms with Crippen molar-refractivity contribution in [2.45, 2.75) is 18.7 Å². The number of benzene rings is 4. The van der Waals surface area contributed by atoms with Crippen molar-refractivity contribution in [1.29, 1.82) is 0 Å². The minimum Gasteiger partial charge on any atom is -0.493 e. The molecule has 0 aliphatic carbocycles. The van der Waals surface area contributed by atoms with Crippen LogP contribution in [0.1, 0.15) is 11.1 Å². The lowest BCUT2D eigenvalue weighted by molar-refractivity contribution is -0.114. The van der Waals surface area contributed by atoms with E-state index in [2.05, 4.69) is 5.32 Å². The Hall–Kier alpha value is -4.24. The molecule has 9 heteroatoms. The summed E-state index contributed by atoms with van der Waals surface area (Å²) in [5.41, 5.74) is 2.47. The average Bonchev–Trinajstić information content (AvgIpc) is 2.92. The van der Waals surface area contributed by atoms with Gasteiger partial charge in [-0.3, -0.25) is 9.10 Å². The summed E-state index contributed by atoms with van der Waals surface area (Å²) in [4.78, 5) is 13.5. The molecule has 0 saturated carbocycles. The largest absolute Gasteiger partial charge is 0.493 e. The molecule has 0 aromatic heterocycles. The van der Waals surface area contributed by atoms with Gasteiger partial charge in [0, 0.05) is 23.2 Å². The summed E-state index contributed by atoms with van der Waals surface area (Å²) in [7, 11) is 0.293. The van der Waals surface area contributed by atoms with E-state index in [1.54, 1.807) is 48.5 Å². The number of ether oxygens (including phenoxy) is 3. The van der Waals surface area contributed by atoms with Gasteiger partial charge < -0.3 is 19.5 Å².